The number of hydrogen-bond acceptors (Lipinski definition) is 3. The van der Waals surface area contributed by atoms with E-state index < -0.39 is 0 Å². The lowest BCUT2D eigenvalue weighted by Crippen LogP contribution is -2.32. The van der Waals surface area contributed by atoms with E-state index in [1.165, 1.54) is 0 Å². The Morgan fingerprint density at radius 2 is 2.11 bits per heavy atom. The maximum atomic E-state index is 12.2. The summed E-state index contributed by atoms with van der Waals surface area (Å²) in [6, 6.07) is 8.01. The van der Waals surface area contributed by atoms with Gasteiger partial charge in [-0.15, -0.1) is 0 Å². The fourth-order valence-corrected chi connectivity index (χ4v) is 3.11. The number of carbonyl (C=O) groups is 1. The summed E-state index contributed by atoms with van der Waals surface area (Å²) >= 11 is 0. The minimum Gasteiger partial charge on any atom is -0.497 e. The number of amides is 1. The Morgan fingerprint density at radius 1 is 1.37 bits per heavy atom. The topological polar surface area (TPSA) is 38.8 Å². The Labute approximate surface area is 113 Å². The van der Waals surface area contributed by atoms with Gasteiger partial charge in [0.25, 0.3) is 0 Å². The highest BCUT2D eigenvalue weighted by Crippen LogP contribution is 2.41. The molecule has 2 heterocycles. The average Bonchev–Trinajstić information content (AvgIpc) is 3.01. The average molecular weight is 261 g/mol. The maximum absolute atomic E-state index is 12.2. The molecule has 19 heavy (non-hydrogen) atoms. The third kappa shape index (κ3) is 2.00. The highest BCUT2D eigenvalue weighted by molar-refractivity contribution is 5.80. The molecule has 0 bridgehead atoms. The molecule has 102 valence electrons. The summed E-state index contributed by atoms with van der Waals surface area (Å²) in [6.07, 6.45) is 1.47. The Hall–Kier alpha value is -1.55. The van der Waals surface area contributed by atoms with Crippen molar-refractivity contribution < 1.29 is 14.3 Å². The minimum atomic E-state index is -0.222. The highest BCUT2D eigenvalue weighted by Gasteiger charge is 2.47. The van der Waals surface area contributed by atoms with E-state index in [9.17, 15) is 4.79 Å². The van der Waals surface area contributed by atoms with Crippen LogP contribution in [0.15, 0.2) is 24.3 Å². The van der Waals surface area contributed by atoms with E-state index in [0.717, 1.165) is 17.7 Å². The summed E-state index contributed by atoms with van der Waals surface area (Å²) in [7, 11) is 1.65. The molecule has 0 unspecified atom stereocenters. The predicted molar refractivity (Wildman–Crippen MR) is 70.7 cm³/mol. The van der Waals surface area contributed by atoms with Crippen molar-refractivity contribution in [1.29, 1.82) is 0 Å². The lowest BCUT2D eigenvalue weighted by molar-refractivity contribution is -0.134. The van der Waals surface area contributed by atoms with E-state index in [4.69, 9.17) is 9.47 Å². The molecule has 0 saturated carbocycles. The van der Waals surface area contributed by atoms with Crippen molar-refractivity contribution in [2.24, 2.45) is 5.92 Å². The van der Waals surface area contributed by atoms with Gasteiger partial charge in [0, 0.05) is 12.0 Å². The third-order valence-electron chi connectivity index (χ3n) is 4.23. The number of benzene rings is 1. The second-order valence-electron chi connectivity index (χ2n) is 5.20. The van der Waals surface area contributed by atoms with E-state index in [0.29, 0.717) is 18.9 Å². The maximum Gasteiger partial charge on any atom is 0.225 e. The van der Waals surface area contributed by atoms with E-state index in [2.05, 4.69) is 6.92 Å². The molecule has 0 aliphatic carbocycles. The van der Waals surface area contributed by atoms with Crippen molar-refractivity contribution in [3.8, 4) is 5.75 Å². The largest absolute Gasteiger partial charge is 0.497 e. The molecule has 0 spiro atoms. The van der Waals surface area contributed by atoms with Crippen molar-refractivity contribution >= 4 is 5.91 Å². The molecule has 4 heteroatoms. The quantitative estimate of drug-likeness (QED) is 0.838. The van der Waals surface area contributed by atoms with Gasteiger partial charge in [-0.2, -0.15) is 0 Å². The number of rotatable bonds is 3. The Kier molecular flexibility index (Phi) is 3.19. The molecule has 2 aliphatic rings. The summed E-state index contributed by atoms with van der Waals surface area (Å²) in [5.41, 5.74) is 1.02. The summed E-state index contributed by atoms with van der Waals surface area (Å²) in [5, 5.41) is 0. The summed E-state index contributed by atoms with van der Waals surface area (Å²) in [4.78, 5) is 14.1. The van der Waals surface area contributed by atoms with Gasteiger partial charge in [-0.05, 0) is 18.1 Å². The Bertz CT molecular complexity index is 471. The van der Waals surface area contributed by atoms with Gasteiger partial charge in [0.05, 0.1) is 19.8 Å². The first-order valence-corrected chi connectivity index (χ1v) is 6.81. The zero-order valence-electron chi connectivity index (χ0n) is 11.3. The summed E-state index contributed by atoms with van der Waals surface area (Å²) < 4.78 is 11.0. The molecule has 1 amide bonds. The van der Waals surface area contributed by atoms with Crippen LogP contribution in [0.1, 0.15) is 31.6 Å². The number of carbonyl (C=O) groups excluding carboxylic acids is 1. The molecule has 0 radical (unpaired) electrons. The number of nitrogens with zero attached hydrogens (tertiary/aromatic N) is 1. The van der Waals surface area contributed by atoms with Crippen molar-refractivity contribution in [1.82, 2.24) is 4.90 Å². The van der Waals surface area contributed by atoms with Crippen molar-refractivity contribution in [2.45, 2.75) is 32.0 Å². The number of fused-ring (bicyclic) bond motifs is 1. The van der Waals surface area contributed by atoms with Crippen molar-refractivity contribution in [3.63, 3.8) is 0 Å². The van der Waals surface area contributed by atoms with Crippen LogP contribution in [0.3, 0.4) is 0 Å². The number of ether oxygens (including phenoxy) is 2. The van der Waals surface area contributed by atoms with Crippen molar-refractivity contribution in [3.05, 3.63) is 29.8 Å². The zero-order chi connectivity index (χ0) is 13.4. The van der Waals surface area contributed by atoms with Crippen LogP contribution in [0.25, 0.3) is 0 Å². The predicted octanol–water partition coefficient (Wildman–Crippen LogP) is 2.35. The smallest absolute Gasteiger partial charge is 0.225 e. The normalized spacial score (nSPS) is 29.7. The van der Waals surface area contributed by atoms with Gasteiger partial charge < -0.3 is 14.4 Å². The first-order valence-electron chi connectivity index (χ1n) is 6.81. The van der Waals surface area contributed by atoms with Crippen LogP contribution < -0.4 is 4.74 Å². The first-order chi connectivity index (χ1) is 9.24. The molecule has 1 aromatic rings. The second-order valence-corrected chi connectivity index (χ2v) is 5.20. The minimum absolute atomic E-state index is 0.218. The van der Waals surface area contributed by atoms with E-state index in [-0.39, 0.29) is 18.2 Å². The molecule has 2 aliphatic heterocycles. The first kappa shape index (κ1) is 12.5. The van der Waals surface area contributed by atoms with Gasteiger partial charge in [0.1, 0.15) is 5.75 Å². The SMILES string of the molecule is CC[C@H]1CC(=O)N2[C@@H](c3ccc(OC)cc3)OC[C@H]12. The fourth-order valence-electron chi connectivity index (χ4n) is 3.11. The van der Waals surface area contributed by atoms with Crippen LogP contribution in [0.4, 0.5) is 0 Å². The monoisotopic (exact) mass is 261 g/mol. The van der Waals surface area contributed by atoms with Crippen LogP contribution in [-0.4, -0.2) is 30.6 Å². The van der Waals surface area contributed by atoms with E-state index >= 15 is 0 Å². The zero-order valence-corrected chi connectivity index (χ0v) is 11.3. The van der Waals surface area contributed by atoms with Gasteiger partial charge in [-0.25, -0.2) is 0 Å². The lowest BCUT2D eigenvalue weighted by atomic mass is 9.98. The third-order valence-corrected chi connectivity index (χ3v) is 4.23. The molecular formula is C15H19NO3. The summed E-state index contributed by atoms with van der Waals surface area (Å²) in [6.45, 7) is 2.79. The van der Waals surface area contributed by atoms with Crippen LogP contribution in [0.5, 0.6) is 5.75 Å². The summed E-state index contributed by atoms with van der Waals surface area (Å²) in [5.74, 6) is 1.48. The molecule has 0 aromatic heterocycles. The molecule has 3 rings (SSSR count). The molecule has 4 nitrogen and oxygen atoms in total. The van der Waals surface area contributed by atoms with Gasteiger partial charge in [0.2, 0.25) is 5.91 Å². The standard InChI is InChI=1S/C15H19NO3/c1-3-10-8-14(17)16-13(10)9-19-15(16)11-4-6-12(18-2)7-5-11/h4-7,10,13,15H,3,8-9H2,1-2H3/t10-,13+,15+/m0/s1. The molecule has 2 saturated heterocycles. The van der Waals surface area contributed by atoms with Gasteiger partial charge in [0.15, 0.2) is 6.23 Å². The van der Waals surface area contributed by atoms with Crippen LogP contribution >= 0.6 is 0 Å². The van der Waals surface area contributed by atoms with Gasteiger partial charge in [-0.1, -0.05) is 25.5 Å². The second kappa shape index (κ2) is 4.85. The molecule has 1 aromatic carbocycles. The molecule has 3 atom stereocenters. The molecular weight excluding hydrogens is 242 g/mol. The number of methoxy groups -OCH3 is 1. The van der Waals surface area contributed by atoms with Gasteiger partial charge >= 0.3 is 0 Å². The highest BCUT2D eigenvalue weighted by atomic mass is 16.5. The van der Waals surface area contributed by atoms with Crippen LogP contribution in [0.2, 0.25) is 0 Å². The molecule has 2 fully saturated rings. The number of hydrogen-bond donors (Lipinski definition) is 0. The van der Waals surface area contributed by atoms with E-state index in [1.807, 2.05) is 29.2 Å². The van der Waals surface area contributed by atoms with Crippen LogP contribution in [0, 0.1) is 5.92 Å². The Morgan fingerprint density at radius 3 is 2.74 bits per heavy atom. The molecule has 0 N–H and O–H groups in total. The van der Waals surface area contributed by atoms with E-state index in [1.54, 1.807) is 7.11 Å². The Balaban J connectivity index is 1.84. The lowest BCUT2D eigenvalue weighted by Gasteiger charge is -2.23. The van der Waals surface area contributed by atoms with Crippen LogP contribution in [-0.2, 0) is 9.53 Å². The fraction of sp³-hybridized carbons (Fsp3) is 0.533. The van der Waals surface area contributed by atoms with Crippen molar-refractivity contribution in [2.75, 3.05) is 13.7 Å². The van der Waals surface area contributed by atoms with Gasteiger partial charge in [-0.3, -0.25) is 4.79 Å².